The first-order valence-electron chi connectivity index (χ1n) is 6.31. The summed E-state index contributed by atoms with van der Waals surface area (Å²) in [5.41, 5.74) is 8.75. The molecule has 0 aliphatic carbocycles. The van der Waals surface area contributed by atoms with Crippen molar-refractivity contribution in [1.82, 2.24) is 4.90 Å². The highest BCUT2D eigenvalue weighted by molar-refractivity contribution is 5.24. The van der Waals surface area contributed by atoms with Crippen LogP contribution in [0.25, 0.3) is 0 Å². The van der Waals surface area contributed by atoms with Crippen LogP contribution >= 0.6 is 0 Å². The van der Waals surface area contributed by atoms with Crippen molar-refractivity contribution in [2.75, 3.05) is 26.3 Å². The first kappa shape index (κ1) is 12.6. The molecule has 94 valence electrons. The van der Waals surface area contributed by atoms with Gasteiger partial charge in [-0.1, -0.05) is 29.8 Å². The smallest absolute Gasteiger partial charge is 0.0619 e. The molecule has 0 bridgehead atoms. The maximum atomic E-state index is 6.26. The Kier molecular flexibility index (Phi) is 4.15. The van der Waals surface area contributed by atoms with Gasteiger partial charge in [-0.05, 0) is 19.4 Å². The van der Waals surface area contributed by atoms with Crippen molar-refractivity contribution in [1.29, 1.82) is 0 Å². The third kappa shape index (κ3) is 3.28. The third-order valence-corrected chi connectivity index (χ3v) is 3.44. The van der Waals surface area contributed by atoms with E-state index in [1.165, 1.54) is 11.1 Å². The summed E-state index contributed by atoms with van der Waals surface area (Å²) in [6.07, 6.45) is 0. The average Bonchev–Trinajstić information content (AvgIpc) is 2.33. The molecule has 1 aliphatic heterocycles. The van der Waals surface area contributed by atoms with E-state index in [1.54, 1.807) is 0 Å². The first-order valence-corrected chi connectivity index (χ1v) is 6.31. The fourth-order valence-corrected chi connectivity index (χ4v) is 2.20. The van der Waals surface area contributed by atoms with Crippen molar-refractivity contribution < 1.29 is 4.74 Å². The minimum absolute atomic E-state index is 0.0937. The van der Waals surface area contributed by atoms with E-state index in [2.05, 4.69) is 43.0 Å². The summed E-state index contributed by atoms with van der Waals surface area (Å²) in [6, 6.07) is 9.07. The van der Waals surface area contributed by atoms with Gasteiger partial charge >= 0.3 is 0 Å². The predicted octanol–water partition coefficient (Wildman–Crippen LogP) is 1.72. The summed E-state index contributed by atoms with van der Waals surface area (Å²) in [7, 11) is 0. The molecule has 0 radical (unpaired) electrons. The van der Waals surface area contributed by atoms with Gasteiger partial charge in [0.2, 0.25) is 0 Å². The van der Waals surface area contributed by atoms with Crippen LogP contribution < -0.4 is 5.73 Å². The maximum Gasteiger partial charge on any atom is 0.0619 e. The lowest BCUT2D eigenvalue weighted by atomic mass is 10.0. The zero-order chi connectivity index (χ0) is 12.3. The molecule has 1 aromatic carbocycles. The van der Waals surface area contributed by atoms with Gasteiger partial charge in [-0.2, -0.15) is 0 Å². The van der Waals surface area contributed by atoms with Crippen molar-refractivity contribution in [2.45, 2.75) is 25.9 Å². The zero-order valence-corrected chi connectivity index (χ0v) is 10.7. The molecule has 2 N–H and O–H groups in total. The number of hydrogen-bond donors (Lipinski definition) is 1. The van der Waals surface area contributed by atoms with Gasteiger partial charge in [0.15, 0.2) is 0 Å². The Hall–Kier alpha value is -0.900. The van der Waals surface area contributed by atoms with Crippen LogP contribution in [-0.4, -0.2) is 37.2 Å². The van der Waals surface area contributed by atoms with Gasteiger partial charge < -0.3 is 10.5 Å². The number of nitrogens with two attached hydrogens (primary N) is 1. The summed E-state index contributed by atoms with van der Waals surface area (Å²) >= 11 is 0. The molecule has 17 heavy (non-hydrogen) atoms. The highest BCUT2D eigenvalue weighted by Gasteiger charge is 2.21. The predicted molar refractivity (Wildman–Crippen MR) is 70.0 cm³/mol. The van der Waals surface area contributed by atoms with Gasteiger partial charge in [-0.25, -0.2) is 0 Å². The van der Waals surface area contributed by atoms with Crippen LogP contribution in [0.15, 0.2) is 24.3 Å². The van der Waals surface area contributed by atoms with Crippen molar-refractivity contribution in [3.05, 3.63) is 35.4 Å². The van der Waals surface area contributed by atoms with Gasteiger partial charge in [0.25, 0.3) is 0 Å². The van der Waals surface area contributed by atoms with E-state index in [1.807, 2.05) is 0 Å². The molecular weight excluding hydrogens is 212 g/mol. The monoisotopic (exact) mass is 234 g/mol. The minimum Gasteiger partial charge on any atom is -0.379 e. The molecule has 1 aromatic rings. The molecule has 0 amide bonds. The summed E-state index contributed by atoms with van der Waals surface area (Å²) in [4.78, 5) is 2.41. The summed E-state index contributed by atoms with van der Waals surface area (Å²) in [6.45, 7) is 7.83. The third-order valence-electron chi connectivity index (χ3n) is 3.44. The molecule has 1 heterocycles. The van der Waals surface area contributed by atoms with Gasteiger partial charge in [0, 0.05) is 25.2 Å². The quantitative estimate of drug-likeness (QED) is 0.865. The molecule has 0 saturated carbocycles. The number of rotatable bonds is 3. The Balaban J connectivity index is 1.95. The van der Waals surface area contributed by atoms with E-state index < -0.39 is 0 Å². The Morgan fingerprint density at radius 2 is 2.12 bits per heavy atom. The Labute approximate surface area is 104 Å². The number of nitrogens with zero attached hydrogens (tertiary/aromatic N) is 1. The van der Waals surface area contributed by atoms with E-state index >= 15 is 0 Å². The molecule has 1 saturated heterocycles. The van der Waals surface area contributed by atoms with Gasteiger partial charge in [-0.3, -0.25) is 4.90 Å². The molecule has 0 aromatic heterocycles. The summed E-state index contributed by atoms with van der Waals surface area (Å²) in [5.74, 6) is 0. The standard InChI is InChI=1S/C14H22N2O/c1-11-3-5-13(6-4-11)14(15)9-16-7-8-17-10-12(16)2/h3-6,12,14H,7-10,15H2,1-2H3. The lowest BCUT2D eigenvalue weighted by Crippen LogP contribution is -2.46. The SMILES string of the molecule is Cc1ccc(C(N)CN2CCOCC2C)cc1. The average molecular weight is 234 g/mol. The highest BCUT2D eigenvalue weighted by atomic mass is 16.5. The molecular formula is C14H22N2O. The van der Waals surface area contributed by atoms with E-state index in [0.29, 0.717) is 6.04 Å². The van der Waals surface area contributed by atoms with E-state index in [9.17, 15) is 0 Å². The Morgan fingerprint density at radius 3 is 2.76 bits per heavy atom. The number of aryl methyl sites for hydroxylation is 1. The molecule has 1 fully saturated rings. The van der Waals surface area contributed by atoms with Gasteiger partial charge in [-0.15, -0.1) is 0 Å². The highest BCUT2D eigenvalue weighted by Crippen LogP contribution is 2.15. The first-order chi connectivity index (χ1) is 8.16. The lowest BCUT2D eigenvalue weighted by Gasteiger charge is -2.35. The van der Waals surface area contributed by atoms with E-state index in [0.717, 1.165) is 26.3 Å². The van der Waals surface area contributed by atoms with Gasteiger partial charge in [0.1, 0.15) is 0 Å². The molecule has 3 heteroatoms. The van der Waals surface area contributed by atoms with Crippen LogP contribution in [0.5, 0.6) is 0 Å². The Morgan fingerprint density at radius 1 is 1.41 bits per heavy atom. The summed E-state index contributed by atoms with van der Waals surface area (Å²) in [5, 5.41) is 0. The molecule has 2 rings (SSSR count). The second-order valence-corrected chi connectivity index (χ2v) is 4.94. The van der Waals surface area contributed by atoms with Crippen molar-refractivity contribution in [3.63, 3.8) is 0 Å². The van der Waals surface area contributed by atoms with Crippen LogP contribution in [0, 0.1) is 6.92 Å². The largest absolute Gasteiger partial charge is 0.379 e. The summed E-state index contributed by atoms with van der Waals surface area (Å²) < 4.78 is 5.43. The normalized spacial score (nSPS) is 23.6. The number of benzene rings is 1. The lowest BCUT2D eigenvalue weighted by molar-refractivity contribution is -0.00280. The van der Waals surface area contributed by atoms with Gasteiger partial charge in [0.05, 0.1) is 13.2 Å². The molecule has 2 atom stereocenters. The fraction of sp³-hybridized carbons (Fsp3) is 0.571. The molecule has 2 unspecified atom stereocenters. The van der Waals surface area contributed by atoms with Crippen molar-refractivity contribution in [2.24, 2.45) is 5.73 Å². The van der Waals surface area contributed by atoms with E-state index in [-0.39, 0.29) is 6.04 Å². The van der Waals surface area contributed by atoms with Crippen LogP contribution in [0.3, 0.4) is 0 Å². The number of ether oxygens (including phenoxy) is 1. The van der Waals surface area contributed by atoms with Crippen LogP contribution in [-0.2, 0) is 4.74 Å². The topological polar surface area (TPSA) is 38.5 Å². The molecule has 1 aliphatic rings. The maximum absolute atomic E-state index is 6.26. The number of hydrogen-bond acceptors (Lipinski definition) is 3. The van der Waals surface area contributed by atoms with Crippen LogP contribution in [0.2, 0.25) is 0 Å². The van der Waals surface area contributed by atoms with E-state index in [4.69, 9.17) is 10.5 Å². The molecule has 3 nitrogen and oxygen atoms in total. The van der Waals surface area contributed by atoms with Crippen molar-refractivity contribution in [3.8, 4) is 0 Å². The minimum atomic E-state index is 0.0937. The zero-order valence-electron chi connectivity index (χ0n) is 10.7. The second kappa shape index (κ2) is 5.63. The molecule has 0 spiro atoms. The van der Waals surface area contributed by atoms with Crippen LogP contribution in [0.4, 0.5) is 0 Å². The number of morpholine rings is 1. The second-order valence-electron chi connectivity index (χ2n) is 4.94. The Bertz CT molecular complexity index is 350. The van der Waals surface area contributed by atoms with Crippen molar-refractivity contribution >= 4 is 0 Å². The van der Waals surface area contributed by atoms with Crippen LogP contribution in [0.1, 0.15) is 24.1 Å². The fourth-order valence-electron chi connectivity index (χ4n) is 2.20.